The molecule has 0 aliphatic rings. The van der Waals surface area contributed by atoms with E-state index in [0.29, 0.717) is 17.1 Å². The fourth-order valence-electron chi connectivity index (χ4n) is 2.45. The molecular weight excluding hydrogens is 317 g/mol. The lowest BCUT2D eigenvalue weighted by Gasteiger charge is -2.00. The van der Waals surface area contributed by atoms with Gasteiger partial charge >= 0.3 is 0 Å². The van der Waals surface area contributed by atoms with Crippen molar-refractivity contribution >= 4 is 17.4 Å². The SMILES string of the molecule is CC(=O)c1ccc(-c2ccc(C=C(C#N)c3ccccc3F)o2)cc1. The Morgan fingerprint density at radius 1 is 1.08 bits per heavy atom. The number of allylic oxidation sites excluding steroid dienone is 1. The van der Waals surface area contributed by atoms with Crippen molar-refractivity contribution in [3.05, 3.63) is 83.4 Å². The topological polar surface area (TPSA) is 54.0 Å². The number of ketones is 1. The second-order valence-electron chi connectivity index (χ2n) is 5.49. The molecule has 0 aliphatic heterocycles. The van der Waals surface area contributed by atoms with Crippen LogP contribution >= 0.6 is 0 Å². The summed E-state index contributed by atoms with van der Waals surface area (Å²) in [5.74, 6) is 0.595. The van der Waals surface area contributed by atoms with E-state index in [1.165, 1.54) is 19.1 Å². The molecule has 0 unspecified atom stereocenters. The van der Waals surface area contributed by atoms with Crippen molar-refractivity contribution in [2.45, 2.75) is 6.92 Å². The van der Waals surface area contributed by atoms with Crippen molar-refractivity contribution < 1.29 is 13.6 Å². The summed E-state index contributed by atoms with van der Waals surface area (Å²) >= 11 is 0. The Hall–Kier alpha value is -3.45. The lowest BCUT2D eigenvalue weighted by atomic mass is 10.1. The van der Waals surface area contributed by atoms with Gasteiger partial charge in [0.2, 0.25) is 0 Å². The Kier molecular flexibility index (Phi) is 4.58. The Morgan fingerprint density at radius 3 is 2.44 bits per heavy atom. The summed E-state index contributed by atoms with van der Waals surface area (Å²) in [4.78, 5) is 11.3. The monoisotopic (exact) mass is 331 g/mol. The number of carbonyl (C=O) groups is 1. The lowest BCUT2D eigenvalue weighted by Crippen LogP contribution is -1.90. The van der Waals surface area contributed by atoms with Gasteiger partial charge < -0.3 is 4.42 Å². The van der Waals surface area contributed by atoms with Crippen LogP contribution < -0.4 is 0 Å². The molecule has 122 valence electrons. The number of carbonyl (C=O) groups excluding carboxylic acids is 1. The lowest BCUT2D eigenvalue weighted by molar-refractivity contribution is 0.101. The van der Waals surface area contributed by atoms with Crippen LogP contribution in [0.25, 0.3) is 23.0 Å². The molecule has 4 heteroatoms. The summed E-state index contributed by atoms with van der Waals surface area (Å²) in [6, 6.07) is 18.6. The largest absolute Gasteiger partial charge is 0.457 e. The number of hydrogen-bond acceptors (Lipinski definition) is 3. The van der Waals surface area contributed by atoms with Gasteiger partial charge in [0, 0.05) is 16.7 Å². The molecule has 1 aromatic heterocycles. The average molecular weight is 331 g/mol. The second kappa shape index (κ2) is 6.98. The van der Waals surface area contributed by atoms with Crippen molar-refractivity contribution in [3.63, 3.8) is 0 Å². The van der Waals surface area contributed by atoms with Crippen LogP contribution in [0.1, 0.15) is 28.6 Å². The molecule has 0 radical (unpaired) electrons. The third kappa shape index (κ3) is 3.56. The van der Waals surface area contributed by atoms with Gasteiger partial charge in [-0.15, -0.1) is 0 Å². The van der Waals surface area contributed by atoms with Gasteiger partial charge in [-0.3, -0.25) is 4.79 Å². The maximum Gasteiger partial charge on any atom is 0.159 e. The van der Waals surface area contributed by atoms with Crippen molar-refractivity contribution in [2.75, 3.05) is 0 Å². The summed E-state index contributed by atoms with van der Waals surface area (Å²) in [5, 5.41) is 9.31. The van der Waals surface area contributed by atoms with E-state index in [9.17, 15) is 14.4 Å². The van der Waals surface area contributed by atoms with Gasteiger partial charge in [-0.05, 0) is 31.2 Å². The number of Topliss-reactive ketones (excluding diaryl/α,β-unsaturated/α-hetero) is 1. The van der Waals surface area contributed by atoms with Crippen LogP contribution in [0.3, 0.4) is 0 Å². The highest BCUT2D eigenvalue weighted by atomic mass is 19.1. The quantitative estimate of drug-likeness (QED) is 0.478. The first-order valence-electron chi connectivity index (χ1n) is 7.66. The van der Waals surface area contributed by atoms with Gasteiger partial charge in [-0.25, -0.2) is 4.39 Å². The fourth-order valence-corrected chi connectivity index (χ4v) is 2.45. The molecule has 2 aromatic carbocycles. The molecule has 0 bridgehead atoms. The van der Waals surface area contributed by atoms with Crippen LogP contribution in [-0.4, -0.2) is 5.78 Å². The maximum atomic E-state index is 13.9. The summed E-state index contributed by atoms with van der Waals surface area (Å²) in [6.07, 6.45) is 1.51. The van der Waals surface area contributed by atoms with Gasteiger partial charge in [0.25, 0.3) is 0 Å². The molecule has 0 saturated carbocycles. The Bertz CT molecular complexity index is 991. The van der Waals surface area contributed by atoms with Gasteiger partial charge in [0.15, 0.2) is 5.78 Å². The van der Waals surface area contributed by atoms with Crippen LogP contribution in [0.15, 0.2) is 65.1 Å². The normalized spacial score (nSPS) is 11.2. The number of halogens is 1. The van der Waals surface area contributed by atoms with E-state index < -0.39 is 5.82 Å². The molecule has 25 heavy (non-hydrogen) atoms. The van der Waals surface area contributed by atoms with Crippen molar-refractivity contribution in [1.29, 1.82) is 5.26 Å². The van der Waals surface area contributed by atoms with Gasteiger partial charge in [-0.1, -0.05) is 42.5 Å². The predicted molar refractivity (Wildman–Crippen MR) is 94.0 cm³/mol. The minimum atomic E-state index is -0.457. The van der Waals surface area contributed by atoms with E-state index in [-0.39, 0.29) is 16.9 Å². The highest BCUT2D eigenvalue weighted by molar-refractivity contribution is 5.94. The van der Waals surface area contributed by atoms with E-state index in [4.69, 9.17) is 4.42 Å². The third-order valence-corrected chi connectivity index (χ3v) is 3.77. The first kappa shape index (κ1) is 16.4. The summed E-state index contributed by atoms with van der Waals surface area (Å²) in [6.45, 7) is 1.51. The standard InChI is InChI=1S/C21H14FNO2/c1-14(24)15-6-8-16(9-7-15)21-11-10-18(25-21)12-17(13-23)19-4-2-3-5-20(19)22/h2-12H,1H3. The van der Waals surface area contributed by atoms with Gasteiger partial charge in [0.05, 0.1) is 11.6 Å². The second-order valence-corrected chi connectivity index (χ2v) is 5.49. The van der Waals surface area contributed by atoms with E-state index in [1.807, 2.05) is 6.07 Å². The zero-order valence-electron chi connectivity index (χ0n) is 13.5. The van der Waals surface area contributed by atoms with Crippen LogP contribution in [0.5, 0.6) is 0 Å². The van der Waals surface area contributed by atoms with Crippen LogP contribution in [0, 0.1) is 17.1 Å². The van der Waals surface area contributed by atoms with Crippen molar-refractivity contribution in [1.82, 2.24) is 0 Å². The first-order chi connectivity index (χ1) is 12.1. The minimum Gasteiger partial charge on any atom is -0.457 e. The molecule has 0 N–H and O–H groups in total. The minimum absolute atomic E-state index is 0.00170. The molecule has 0 spiro atoms. The highest BCUT2D eigenvalue weighted by Crippen LogP contribution is 2.26. The van der Waals surface area contributed by atoms with E-state index in [0.717, 1.165) is 5.56 Å². The maximum absolute atomic E-state index is 13.9. The summed E-state index contributed by atoms with van der Waals surface area (Å²) in [7, 11) is 0. The molecular formula is C21H14FNO2. The zero-order valence-corrected chi connectivity index (χ0v) is 13.5. The number of nitrogens with zero attached hydrogens (tertiary/aromatic N) is 1. The molecule has 0 fully saturated rings. The number of benzene rings is 2. The number of hydrogen-bond donors (Lipinski definition) is 0. The van der Waals surface area contributed by atoms with Crippen LogP contribution in [0.2, 0.25) is 0 Å². The Labute approximate surface area is 144 Å². The van der Waals surface area contributed by atoms with Crippen LogP contribution in [0.4, 0.5) is 4.39 Å². The third-order valence-electron chi connectivity index (χ3n) is 3.77. The highest BCUT2D eigenvalue weighted by Gasteiger charge is 2.09. The molecule has 0 saturated heterocycles. The van der Waals surface area contributed by atoms with E-state index in [1.54, 1.807) is 54.6 Å². The summed E-state index contributed by atoms with van der Waals surface area (Å²) < 4.78 is 19.6. The van der Waals surface area contributed by atoms with Crippen LogP contribution in [-0.2, 0) is 0 Å². The summed E-state index contributed by atoms with van der Waals surface area (Å²) in [5.41, 5.74) is 1.86. The van der Waals surface area contributed by atoms with Gasteiger partial charge in [0.1, 0.15) is 17.3 Å². The van der Waals surface area contributed by atoms with E-state index in [2.05, 4.69) is 0 Å². The fraction of sp³-hybridized carbons (Fsp3) is 0.0476. The molecule has 0 atom stereocenters. The number of rotatable bonds is 4. The average Bonchev–Trinajstić information content (AvgIpc) is 3.09. The van der Waals surface area contributed by atoms with Gasteiger partial charge in [-0.2, -0.15) is 5.26 Å². The smallest absolute Gasteiger partial charge is 0.159 e. The Morgan fingerprint density at radius 2 is 1.80 bits per heavy atom. The number of furan rings is 1. The molecule has 3 nitrogen and oxygen atoms in total. The van der Waals surface area contributed by atoms with E-state index >= 15 is 0 Å². The number of nitriles is 1. The predicted octanol–water partition coefficient (Wildman–Crippen LogP) is 5.35. The first-order valence-corrected chi connectivity index (χ1v) is 7.66. The Balaban J connectivity index is 1.92. The molecule has 3 rings (SSSR count). The van der Waals surface area contributed by atoms with Crippen molar-refractivity contribution in [2.24, 2.45) is 0 Å². The van der Waals surface area contributed by atoms with Crippen molar-refractivity contribution in [3.8, 4) is 17.4 Å². The zero-order chi connectivity index (χ0) is 17.8. The molecule has 0 aliphatic carbocycles. The molecule has 3 aromatic rings. The molecule has 0 amide bonds. The molecule has 1 heterocycles.